The molecule has 0 N–H and O–H groups in total. The van der Waals surface area contributed by atoms with Gasteiger partial charge in [-0.2, -0.15) is 10.1 Å². The lowest BCUT2D eigenvalue weighted by Gasteiger charge is -2.31. The number of hydrogen-bond acceptors (Lipinski definition) is 3. The minimum absolute atomic E-state index is 0.0603. The molecule has 1 amide bonds. The Kier molecular flexibility index (Phi) is 5.02. The molecule has 1 aromatic rings. The second-order valence-electron chi connectivity index (χ2n) is 9.86. The normalized spacial score (nSPS) is 18.2. The van der Waals surface area contributed by atoms with Gasteiger partial charge < -0.3 is 0 Å². The first-order valence-corrected chi connectivity index (χ1v) is 10.0. The zero-order valence-electron chi connectivity index (χ0n) is 18.7. The van der Waals surface area contributed by atoms with Gasteiger partial charge in [-0.15, -0.1) is 0 Å². The minimum Gasteiger partial charge on any atom is -0.289 e. The molecule has 4 heteroatoms. The Morgan fingerprint density at radius 1 is 0.828 bits per heavy atom. The van der Waals surface area contributed by atoms with Crippen molar-refractivity contribution in [2.75, 3.05) is 5.01 Å². The van der Waals surface area contributed by atoms with Gasteiger partial charge in [0.2, 0.25) is 0 Å². The zero-order valence-corrected chi connectivity index (χ0v) is 18.7. The summed E-state index contributed by atoms with van der Waals surface area (Å²) in [4.78, 5) is 26.6. The third kappa shape index (κ3) is 3.76. The van der Waals surface area contributed by atoms with E-state index in [2.05, 4.69) is 5.10 Å². The van der Waals surface area contributed by atoms with Gasteiger partial charge in [0.25, 0.3) is 5.91 Å². The van der Waals surface area contributed by atoms with Crippen molar-refractivity contribution in [3.8, 4) is 0 Å². The fourth-order valence-corrected chi connectivity index (χ4v) is 3.69. The molecule has 1 aliphatic carbocycles. The topological polar surface area (TPSA) is 49.7 Å². The molecular formula is C25H30N2O2. The van der Waals surface area contributed by atoms with Crippen LogP contribution >= 0.6 is 0 Å². The van der Waals surface area contributed by atoms with Gasteiger partial charge in [-0.05, 0) is 54.0 Å². The summed E-state index contributed by atoms with van der Waals surface area (Å²) in [6.45, 7) is 16.0. The molecule has 29 heavy (non-hydrogen) atoms. The van der Waals surface area contributed by atoms with Crippen molar-refractivity contribution >= 4 is 23.1 Å². The highest BCUT2D eigenvalue weighted by atomic mass is 16.2. The second kappa shape index (κ2) is 6.94. The highest BCUT2D eigenvalue weighted by Gasteiger charge is 2.37. The number of benzene rings is 1. The third-order valence-electron chi connectivity index (χ3n) is 5.36. The largest absolute Gasteiger partial charge is 0.289 e. The first-order chi connectivity index (χ1) is 13.3. The van der Waals surface area contributed by atoms with Crippen molar-refractivity contribution in [2.24, 2.45) is 15.9 Å². The number of para-hydroxylation sites is 1. The lowest BCUT2D eigenvalue weighted by Crippen LogP contribution is -2.29. The Balaban J connectivity index is 2.21. The van der Waals surface area contributed by atoms with Gasteiger partial charge in [0.15, 0.2) is 5.78 Å². The van der Waals surface area contributed by atoms with Crippen molar-refractivity contribution < 1.29 is 9.59 Å². The summed E-state index contributed by atoms with van der Waals surface area (Å²) in [6, 6.07) is 7.71. The van der Waals surface area contributed by atoms with Crippen LogP contribution in [0.3, 0.4) is 0 Å². The molecule has 3 rings (SSSR count). The number of aryl methyl sites for hydroxylation is 1. The zero-order chi connectivity index (χ0) is 21.7. The summed E-state index contributed by atoms with van der Waals surface area (Å²) >= 11 is 0. The predicted molar refractivity (Wildman–Crippen MR) is 119 cm³/mol. The van der Waals surface area contributed by atoms with Crippen LogP contribution in [0.25, 0.3) is 0 Å². The molecule has 4 nitrogen and oxygen atoms in total. The van der Waals surface area contributed by atoms with Crippen LogP contribution in [0.1, 0.15) is 54.0 Å². The molecule has 0 spiro atoms. The number of rotatable bonds is 1. The van der Waals surface area contributed by atoms with E-state index in [1.165, 1.54) is 5.01 Å². The summed E-state index contributed by atoms with van der Waals surface area (Å²) in [6.07, 6.45) is 3.76. The molecule has 0 saturated carbocycles. The van der Waals surface area contributed by atoms with Crippen molar-refractivity contribution in [1.29, 1.82) is 0 Å². The molecular weight excluding hydrogens is 360 g/mol. The van der Waals surface area contributed by atoms with Gasteiger partial charge in [0, 0.05) is 11.1 Å². The molecule has 1 aliphatic heterocycles. The van der Waals surface area contributed by atoms with Gasteiger partial charge >= 0.3 is 0 Å². The lowest BCUT2D eigenvalue weighted by atomic mass is 9.71. The van der Waals surface area contributed by atoms with E-state index in [0.29, 0.717) is 11.3 Å². The van der Waals surface area contributed by atoms with Crippen LogP contribution in [-0.2, 0) is 9.59 Å². The number of carbonyl (C=O) groups excluding carboxylic acids is 2. The van der Waals surface area contributed by atoms with Crippen LogP contribution in [0.5, 0.6) is 0 Å². The van der Waals surface area contributed by atoms with E-state index in [1.807, 2.05) is 91.8 Å². The van der Waals surface area contributed by atoms with Gasteiger partial charge in [0.05, 0.1) is 17.0 Å². The van der Waals surface area contributed by atoms with Gasteiger partial charge in [-0.25, -0.2) is 0 Å². The summed E-state index contributed by atoms with van der Waals surface area (Å²) in [5.41, 5.74) is 4.55. The van der Waals surface area contributed by atoms with E-state index >= 15 is 0 Å². The number of hydrogen-bond donors (Lipinski definition) is 0. The molecule has 0 fully saturated rings. The number of ketones is 1. The molecule has 2 aliphatic rings. The first-order valence-electron chi connectivity index (χ1n) is 10.0. The number of nitrogens with zero attached hydrogens (tertiary/aromatic N) is 2. The summed E-state index contributed by atoms with van der Waals surface area (Å²) in [5, 5.41) is 6.02. The van der Waals surface area contributed by atoms with Gasteiger partial charge in [-0.3, -0.25) is 9.59 Å². The van der Waals surface area contributed by atoms with Crippen molar-refractivity contribution in [1.82, 2.24) is 0 Å². The Bertz CT molecular complexity index is 986. The Morgan fingerprint density at radius 3 is 1.83 bits per heavy atom. The van der Waals surface area contributed by atoms with Crippen molar-refractivity contribution in [2.45, 2.75) is 55.4 Å². The Labute approximate surface area is 173 Å². The third-order valence-corrected chi connectivity index (χ3v) is 5.36. The Hall–Kier alpha value is -2.75. The molecule has 0 saturated heterocycles. The molecule has 0 radical (unpaired) electrons. The second-order valence-corrected chi connectivity index (χ2v) is 9.86. The SMILES string of the molecule is CC1=NN(c2ccccc2C)C(=O)C1=C1C=C(C(C)(C)C)C(=O)C(C(C)(C)C)=C1. The maximum absolute atomic E-state index is 13.4. The van der Waals surface area contributed by atoms with Crippen LogP contribution in [0.15, 0.2) is 63.8 Å². The van der Waals surface area contributed by atoms with Gasteiger partial charge in [-0.1, -0.05) is 59.7 Å². The van der Waals surface area contributed by atoms with Gasteiger partial charge in [0.1, 0.15) is 0 Å². The monoisotopic (exact) mass is 390 g/mol. The maximum atomic E-state index is 13.4. The molecule has 1 heterocycles. The molecule has 0 atom stereocenters. The quantitative estimate of drug-likeness (QED) is 0.591. The summed E-state index contributed by atoms with van der Waals surface area (Å²) in [5.74, 6) is -0.0969. The van der Waals surface area contributed by atoms with E-state index in [1.54, 1.807) is 0 Å². The average molecular weight is 391 g/mol. The predicted octanol–water partition coefficient (Wildman–Crippen LogP) is 5.54. The van der Waals surface area contributed by atoms with Crippen molar-refractivity contribution in [3.63, 3.8) is 0 Å². The summed E-state index contributed by atoms with van der Waals surface area (Å²) in [7, 11) is 0. The fourth-order valence-electron chi connectivity index (χ4n) is 3.69. The van der Waals surface area contributed by atoms with Crippen LogP contribution in [0.4, 0.5) is 5.69 Å². The van der Waals surface area contributed by atoms with Crippen LogP contribution < -0.4 is 5.01 Å². The molecule has 0 bridgehead atoms. The molecule has 0 unspecified atom stereocenters. The minimum atomic E-state index is -0.323. The van der Waals surface area contributed by atoms with E-state index in [-0.39, 0.29) is 22.5 Å². The first kappa shape index (κ1) is 21.0. The van der Waals surface area contributed by atoms with E-state index in [9.17, 15) is 9.59 Å². The van der Waals surface area contributed by atoms with Crippen molar-refractivity contribution in [3.05, 3.63) is 64.3 Å². The van der Waals surface area contributed by atoms with E-state index < -0.39 is 0 Å². The highest BCUT2D eigenvalue weighted by molar-refractivity contribution is 6.31. The molecule has 1 aromatic carbocycles. The number of amides is 1. The molecule has 0 aromatic heterocycles. The van der Waals surface area contributed by atoms with Crippen LogP contribution in [0, 0.1) is 17.8 Å². The smallest absolute Gasteiger partial charge is 0.281 e. The number of anilines is 1. The highest BCUT2D eigenvalue weighted by Crippen LogP contribution is 2.40. The number of Topliss-reactive ketones (excluding diaryl/α,β-unsaturated/α-hetero) is 1. The lowest BCUT2D eigenvalue weighted by molar-refractivity contribution is -0.115. The van der Waals surface area contributed by atoms with E-state index in [0.717, 1.165) is 28.0 Å². The van der Waals surface area contributed by atoms with Crippen LogP contribution in [0.2, 0.25) is 0 Å². The standard InChI is InChI=1S/C25H30N2O2/c1-15-11-9-10-12-20(15)27-23(29)21(16(2)26-27)17-13-18(24(3,4)5)22(28)19(14-17)25(6,7)8/h9-14H,1-8H3. The molecule has 152 valence electrons. The number of allylic oxidation sites excluding steroid dienone is 5. The maximum Gasteiger partial charge on any atom is 0.281 e. The summed E-state index contributed by atoms with van der Waals surface area (Å²) < 4.78 is 0. The Morgan fingerprint density at radius 2 is 1.34 bits per heavy atom. The number of hydrazone groups is 1. The van der Waals surface area contributed by atoms with E-state index in [4.69, 9.17) is 0 Å². The fraction of sp³-hybridized carbons (Fsp3) is 0.400. The number of carbonyl (C=O) groups is 2. The van der Waals surface area contributed by atoms with Crippen LogP contribution in [-0.4, -0.2) is 17.4 Å². The average Bonchev–Trinajstić information content (AvgIpc) is 2.88.